The molecule has 2 fully saturated rings. The molecule has 8 heteroatoms. The predicted octanol–water partition coefficient (Wildman–Crippen LogP) is 2.92. The van der Waals surface area contributed by atoms with Gasteiger partial charge in [-0.1, -0.05) is 29.8 Å². The van der Waals surface area contributed by atoms with Crippen LogP contribution in [0.3, 0.4) is 0 Å². The number of rotatable bonds is 3. The van der Waals surface area contributed by atoms with Crippen LogP contribution in [0.25, 0.3) is 10.9 Å². The molecule has 2 saturated heterocycles. The summed E-state index contributed by atoms with van der Waals surface area (Å²) in [7, 11) is 0. The second kappa shape index (κ2) is 7.65. The second-order valence-corrected chi connectivity index (χ2v) is 8.23. The van der Waals surface area contributed by atoms with E-state index in [1.165, 1.54) is 0 Å². The third-order valence-electron chi connectivity index (χ3n) is 5.94. The fourth-order valence-corrected chi connectivity index (χ4v) is 4.53. The van der Waals surface area contributed by atoms with Crippen molar-refractivity contribution in [3.63, 3.8) is 0 Å². The summed E-state index contributed by atoms with van der Waals surface area (Å²) in [6.45, 7) is 3.16. The molecular formula is C22H22ClN5O2. The summed E-state index contributed by atoms with van der Waals surface area (Å²) < 4.78 is 0. The quantitative estimate of drug-likeness (QED) is 0.703. The third kappa shape index (κ3) is 3.39. The molecule has 1 aromatic heterocycles. The number of carbonyl (C=O) groups excluding carboxylic acids is 2. The molecule has 0 bridgehead atoms. The van der Waals surface area contributed by atoms with Crippen LogP contribution < -0.4 is 9.80 Å². The lowest BCUT2D eigenvalue weighted by molar-refractivity contribution is -0.136. The van der Waals surface area contributed by atoms with Gasteiger partial charge in [0.05, 0.1) is 11.4 Å². The Hall–Kier alpha value is -3.06. The van der Waals surface area contributed by atoms with Crippen molar-refractivity contribution in [2.45, 2.75) is 6.42 Å². The van der Waals surface area contributed by atoms with Crippen LogP contribution >= 0.6 is 11.6 Å². The molecule has 0 aliphatic carbocycles. The molecular weight excluding hydrogens is 402 g/mol. The van der Waals surface area contributed by atoms with E-state index < -0.39 is 0 Å². The van der Waals surface area contributed by atoms with Gasteiger partial charge < -0.3 is 9.80 Å². The highest BCUT2D eigenvalue weighted by molar-refractivity contribution is 6.30. The number of nitrogens with one attached hydrogen (secondary N) is 1. The minimum Gasteiger partial charge on any atom is -0.368 e. The van der Waals surface area contributed by atoms with Gasteiger partial charge in [0.15, 0.2) is 5.82 Å². The lowest BCUT2D eigenvalue weighted by Crippen LogP contribution is -2.50. The van der Waals surface area contributed by atoms with E-state index in [4.69, 9.17) is 11.6 Å². The van der Waals surface area contributed by atoms with Crippen LogP contribution in [0, 0.1) is 5.92 Å². The number of nitrogens with zero attached hydrogens (tertiary/aromatic N) is 4. The number of carbonyl (C=O) groups is 2. The maximum Gasteiger partial charge on any atom is 0.229 e. The third-order valence-corrected chi connectivity index (χ3v) is 6.18. The molecule has 0 radical (unpaired) electrons. The van der Waals surface area contributed by atoms with Crippen molar-refractivity contribution in [2.75, 3.05) is 42.5 Å². The topological polar surface area (TPSA) is 72.5 Å². The number of fused-ring (bicyclic) bond motifs is 1. The van der Waals surface area contributed by atoms with Crippen molar-refractivity contribution in [1.82, 2.24) is 15.1 Å². The van der Waals surface area contributed by atoms with Gasteiger partial charge in [0, 0.05) is 55.2 Å². The summed E-state index contributed by atoms with van der Waals surface area (Å²) >= 11 is 6.10. The second-order valence-electron chi connectivity index (χ2n) is 7.79. The van der Waals surface area contributed by atoms with Crippen LogP contribution in [-0.4, -0.2) is 59.6 Å². The smallest absolute Gasteiger partial charge is 0.229 e. The standard InChI is InChI=1S/C22H22ClN5O2/c23-16-4-3-5-17(13-16)26-8-10-27(11-9-26)22(30)15-12-20(29)28(14-15)21-18-6-1-2-7-19(18)24-25-21/h1-7,13,15H,8-12,14H2,(H,24,25)/t15-/m1/s1. The van der Waals surface area contributed by atoms with Gasteiger partial charge in [-0.05, 0) is 30.3 Å². The normalized spacial score (nSPS) is 19.7. The minimum atomic E-state index is -0.328. The van der Waals surface area contributed by atoms with Gasteiger partial charge in [-0.3, -0.25) is 19.6 Å². The lowest BCUT2D eigenvalue weighted by Gasteiger charge is -2.37. The Kier molecular flexibility index (Phi) is 4.83. The highest BCUT2D eigenvalue weighted by Crippen LogP contribution is 2.30. The van der Waals surface area contributed by atoms with E-state index in [1.807, 2.05) is 53.4 Å². The molecule has 2 amide bonds. The van der Waals surface area contributed by atoms with E-state index in [9.17, 15) is 9.59 Å². The van der Waals surface area contributed by atoms with Crippen LogP contribution in [0.15, 0.2) is 48.5 Å². The first-order valence-electron chi connectivity index (χ1n) is 10.1. The van der Waals surface area contributed by atoms with Gasteiger partial charge >= 0.3 is 0 Å². The van der Waals surface area contributed by atoms with E-state index in [1.54, 1.807) is 4.90 Å². The summed E-state index contributed by atoms with van der Waals surface area (Å²) in [6.07, 6.45) is 0.231. The van der Waals surface area contributed by atoms with Gasteiger partial charge in [-0.25, -0.2) is 0 Å². The van der Waals surface area contributed by atoms with Gasteiger partial charge in [0.1, 0.15) is 0 Å². The average Bonchev–Trinajstić information content (AvgIpc) is 3.36. The van der Waals surface area contributed by atoms with Crippen molar-refractivity contribution in [3.8, 4) is 0 Å². The zero-order valence-electron chi connectivity index (χ0n) is 16.4. The number of amides is 2. The lowest BCUT2D eigenvalue weighted by atomic mass is 10.1. The molecule has 30 heavy (non-hydrogen) atoms. The Labute approximate surface area is 179 Å². The Morgan fingerprint density at radius 2 is 1.87 bits per heavy atom. The highest BCUT2D eigenvalue weighted by Gasteiger charge is 2.39. The minimum absolute atomic E-state index is 0.0523. The van der Waals surface area contributed by atoms with Gasteiger partial charge in [0.25, 0.3) is 0 Å². The van der Waals surface area contributed by atoms with Crippen molar-refractivity contribution >= 4 is 45.8 Å². The number of anilines is 2. The highest BCUT2D eigenvalue weighted by atomic mass is 35.5. The summed E-state index contributed by atoms with van der Waals surface area (Å²) in [5.41, 5.74) is 1.95. The van der Waals surface area contributed by atoms with E-state index in [0.29, 0.717) is 30.5 Å². The largest absolute Gasteiger partial charge is 0.368 e. The Morgan fingerprint density at radius 3 is 2.67 bits per heavy atom. The summed E-state index contributed by atoms with van der Waals surface area (Å²) in [6, 6.07) is 15.5. The molecule has 0 spiro atoms. The molecule has 1 atom stereocenters. The average molecular weight is 424 g/mol. The first-order chi connectivity index (χ1) is 14.6. The Morgan fingerprint density at radius 1 is 1.07 bits per heavy atom. The van der Waals surface area contributed by atoms with Crippen LogP contribution in [0.5, 0.6) is 0 Å². The SMILES string of the molecule is O=C([C@@H]1CC(=O)N(c2n[nH]c3ccccc23)C1)N1CCN(c2cccc(Cl)c2)CC1. The summed E-state index contributed by atoms with van der Waals surface area (Å²) in [5.74, 6) is 0.280. The van der Waals surface area contributed by atoms with Gasteiger partial charge in [-0.15, -0.1) is 0 Å². The predicted molar refractivity (Wildman–Crippen MR) is 117 cm³/mol. The monoisotopic (exact) mass is 423 g/mol. The summed E-state index contributed by atoms with van der Waals surface area (Å²) in [5, 5.41) is 8.89. The van der Waals surface area contributed by atoms with Crippen molar-refractivity contribution in [2.24, 2.45) is 5.92 Å². The van der Waals surface area contributed by atoms with Crippen LogP contribution in [-0.2, 0) is 9.59 Å². The molecule has 0 saturated carbocycles. The van der Waals surface area contributed by atoms with Crippen molar-refractivity contribution < 1.29 is 9.59 Å². The molecule has 2 aliphatic rings. The Balaban J connectivity index is 1.25. The molecule has 5 rings (SSSR count). The van der Waals surface area contributed by atoms with E-state index in [0.717, 1.165) is 29.7 Å². The molecule has 1 N–H and O–H groups in total. The molecule has 2 aliphatic heterocycles. The maximum atomic E-state index is 13.1. The zero-order valence-corrected chi connectivity index (χ0v) is 17.2. The van der Waals surface area contributed by atoms with Gasteiger partial charge in [0.2, 0.25) is 11.8 Å². The van der Waals surface area contributed by atoms with Crippen molar-refractivity contribution in [1.29, 1.82) is 0 Å². The number of H-pyrrole nitrogens is 1. The summed E-state index contributed by atoms with van der Waals surface area (Å²) in [4.78, 5) is 31.5. The molecule has 154 valence electrons. The van der Waals surface area contributed by atoms with E-state index >= 15 is 0 Å². The number of halogens is 1. The fraction of sp³-hybridized carbons (Fsp3) is 0.318. The Bertz CT molecular complexity index is 1110. The van der Waals surface area contributed by atoms with Crippen LogP contribution in [0.2, 0.25) is 5.02 Å². The number of piperazine rings is 1. The number of para-hydroxylation sites is 1. The first-order valence-corrected chi connectivity index (χ1v) is 10.5. The fourth-order valence-electron chi connectivity index (χ4n) is 4.35. The number of hydrogen-bond donors (Lipinski definition) is 1. The maximum absolute atomic E-state index is 13.1. The number of hydrogen-bond acceptors (Lipinski definition) is 4. The molecule has 0 unspecified atom stereocenters. The zero-order chi connectivity index (χ0) is 20.7. The molecule has 3 heterocycles. The van der Waals surface area contributed by atoms with Crippen molar-refractivity contribution in [3.05, 3.63) is 53.6 Å². The first kappa shape index (κ1) is 18.9. The molecule has 3 aromatic rings. The van der Waals surface area contributed by atoms with Crippen LogP contribution in [0.1, 0.15) is 6.42 Å². The van der Waals surface area contributed by atoms with E-state index in [2.05, 4.69) is 15.1 Å². The van der Waals surface area contributed by atoms with Gasteiger partial charge in [-0.2, -0.15) is 5.10 Å². The number of aromatic nitrogens is 2. The van der Waals surface area contributed by atoms with E-state index in [-0.39, 0.29) is 24.2 Å². The number of aromatic amines is 1. The molecule has 7 nitrogen and oxygen atoms in total. The number of benzene rings is 2. The van der Waals surface area contributed by atoms with Crippen LogP contribution in [0.4, 0.5) is 11.5 Å². The molecule has 2 aromatic carbocycles.